The van der Waals surface area contributed by atoms with E-state index in [1.807, 2.05) is 0 Å². The Morgan fingerprint density at radius 2 is 2.26 bits per heavy atom. The highest BCUT2D eigenvalue weighted by Gasteiger charge is 2.50. The second kappa shape index (κ2) is 5.04. The molecule has 1 saturated carbocycles. The van der Waals surface area contributed by atoms with Gasteiger partial charge in [-0.3, -0.25) is 15.0 Å². The molecule has 3 rings (SSSR count). The largest absolute Gasteiger partial charge is 0.377 e. The van der Waals surface area contributed by atoms with Crippen molar-refractivity contribution in [3.8, 4) is 0 Å². The van der Waals surface area contributed by atoms with Crippen molar-refractivity contribution >= 4 is 5.91 Å². The Kier molecular flexibility index (Phi) is 3.53. The second-order valence-electron chi connectivity index (χ2n) is 6.42. The van der Waals surface area contributed by atoms with Crippen molar-refractivity contribution in [1.82, 2.24) is 10.2 Å². The summed E-state index contributed by atoms with van der Waals surface area (Å²) in [6, 6.07) is 1.12. The lowest BCUT2D eigenvalue weighted by Gasteiger charge is -2.28. The Morgan fingerprint density at radius 1 is 1.47 bits per heavy atom. The van der Waals surface area contributed by atoms with Gasteiger partial charge in [0.15, 0.2) is 0 Å². The molecule has 0 spiro atoms. The first-order chi connectivity index (χ1) is 9.11. The molecular formula is C14H25N3O2. The van der Waals surface area contributed by atoms with Crippen molar-refractivity contribution in [2.45, 2.75) is 62.8 Å². The van der Waals surface area contributed by atoms with E-state index in [9.17, 15) is 4.79 Å². The van der Waals surface area contributed by atoms with Crippen LogP contribution in [0.5, 0.6) is 0 Å². The molecule has 5 nitrogen and oxygen atoms in total. The Balaban J connectivity index is 1.63. The number of hydrogen-bond acceptors (Lipinski definition) is 4. The van der Waals surface area contributed by atoms with Crippen LogP contribution in [-0.2, 0) is 9.53 Å². The van der Waals surface area contributed by atoms with Gasteiger partial charge < -0.3 is 10.5 Å². The molecule has 3 atom stereocenters. The maximum absolute atomic E-state index is 12.0. The van der Waals surface area contributed by atoms with E-state index in [1.54, 1.807) is 0 Å². The van der Waals surface area contributed by atoms with Gasteiger partial charge >= 0.3 is 0 Å². The number of carbonyl (C=O) groups is 1. The lowest BCUT2D eigenvalue weighted by atomic mass is 9.95. The minimum atomic E-state index is -0.548. The number of nitrogens with one attached hydrogen (secondary N) is 1. The van der Waals surface area contributed by atoms with Gasteiger partial charge in [0.25, 0.3) is 0 Å². The van der Waals surface area contributed by atoms with Crippen molar-refractivity contribution in [3.05, 3.63) is 0 Å². The predicted octanol–water partition coefficient (Wildman–Crippen LogP) is 0.236. The minimum absolute atomic E-state index is 0.208. The monoisotopic (exact) mass is 267 g/mol. The van der Waals surface area contributed by atoms with Gasteiger partial charge in [-0.05, 0) is 39.0 Å². The van der Waals surface area contributed by atoms with Crippen molar-refractivity contribution in [3.63, 3.8) is 0 Å². The first kappa shape index (κ1) is 13.3. The SMILES string of the molecule is CC1CC(NCC2CCCO2)(C(N)=O)CN1C1CC1. The van der Waals surface area contributed by atoms with Gasteiger partial charge in [0.1, 0.15) is 5.54 Å². The van der Waals surface area contributed by atoms with E-state index in [0.29, 0.717) is 12.1 Å². The minimum Gasteiger partial charge on any atom is -0.377 e. The molecule has 0 aromatic rings. The van der Waals surface area contributed by atoms with Crippen LogP contribution in [0.2, 0.25) is 0 Å². The molecular weight excluding hydrogens is 242 g/mol. The van der Waals surface area contributed by atoms with Gasteiger partial charge in [0.2, 0.25) is 5.91 Å². The van der Waals surface area contributed by atoms with Gasteiger partial charge in [-0.2, -0.15) is 0 Å². The maximum atomic E-state index is 12.0. The van der Waals surface area contributed by atoms with Crippen molar-refractivity contribution < 1.29 is 9.53 Å². The van der Waals surface area contributed by atoms with Gasteiger partial charge in [-0.25, -0.2) is 0 Å². The standard InChI is InChI=1S/C14H25N3O2/c1-10-7-14(13(15)18,9-17(10)11-4-5-11)16-8-12-3-2-6-19-12/h10-12,16H,2-9H2,1H3,(H2,15,18). The zero-order chi connectivity index (χ0) is 13.5. The molecule has 1 amide bonds. The molecule has 0 aromatic heterocycles. The fourth-order valence-electron chi connectivity index (χ4n) is 3.56. The summed E-state index contributed by atoms with van der Waals surface area (Å²) in [5, 5.41) is 3.44. The van der Waals surface area contributed by atoms with Gasteiger partial charge in [0.05, 0.1) is 6.10 Å². The molecule has 0 bridgehead atoms. The summed E-state index contributed by atoms with van der Waals surface area (Å²) in [7, 11) is 0. The third-order valence-corrected chi connectivity index (χ3v) is 4.84. The summed E-state index contributed by atoms with van der Waals surface area (Å²) in [5.41, 5.74) is 5.15. The number of nitrogens with two attached hydrogens (primary N) is 1. The van der Waals surface area contributed by atoms with Crippen LogP contribution < -0.4 is 11.1 Å². The lowest BCUT2D eigenvalue weighted by Crippen LogP contribution is -2.58. The topological polar surface area (TPSA) is 67.6 Å². The highest BCUT2D eigenvalue weighted by atomic mass is 16.5. The predicted molar refractivity (Wildman–Crippen MR) is 72.7 cm³/mol. The quantitative estimate of drug-likeness (QED) is 0.748. The van der Waals surface area contributed by atoms with Gasteiger partial charge in [-0.15, -0.1) is 0 Å². The highest BCUT2D eigenvalue weighted by Crippen LogP contribution is 2.37. The molecule has 5 heteroatoms. The summed E-state index contributed by atoms with van der Waals surface area (Å²) < 4.78 is 5.62. The Labute approximate surface area is 114 Å². The Morgan fingerprint density at radius 3 is 2.84 bits per heavy atom. The molecule has 1 aliphatic carbocycles. The van der Waals surface area contributed by atoms with E-state index in [2.05, 4.69) is 17.1 Å². The van der Waals surface area contributed by atoms with Crippen LogP contribution >= 0.6 is 0 Å². The van der Waals surface area contributed by atoms with Crippen LogP contribution in [0.25, 0.3) is 0 Å². The number of hydrogen-bond donors (Lipinski definition) is 2. The average Bonchev–Trinajstić information content (AvgIpc) is 2.96. The fraction of sp³-hybridized carbons (Fsp3) is 0.929. The Hall–Kier alpha value is -0.650. The average molecular weight is 267 g/mol. The number of ether oxygens (including phenoxy) is 1. The molecule has 3 aliphatic rings. The van der Waals surface area contributed by atoms with E-state index < -0.39 is 5.54 Å². The lowest BCUT2D eigenvalue weighted by molar-refractivity contribution is -0.124. The number of carbonyl (C=O) groups excluding carboxylic acids is 1. The van der Waals surface area contributed by atoms with Crippen molar-refractivity contribution in [2.24, 2.45) is 5.73 Å². The molecule has 108 valence electrons. The molecule has 3 N–H and O–H groups in total. The maximum Gasteiger partial charge on any atom is 0.239 e. The van der Waals surface area contributed by atoms with E-state index in [0.717, 1.165) is 39.0 Å². The number of amides is 1. The van der Waals surface area contributed by atoms with Crippen LogP contribution in [0.15, 0.2) is 0 Å². The number of nitrogens with zero attached hydrogens (tertiary/aromatic N) is 1. The molecule has 2 heterocycles. The fourth-order valence-corrected chi connectivity index (χ4v) is 3.56. The third-order valence-electron chi connectivity index (χ3n) is 4.84. The Bertz CT molecular complexity index is 353. The molecule has 3 fully saturated rings. The summed E-state index contributed by atoms with van der Waals surface area (Å²) in [5.74, 6) is -0.208. The van der Waals surface area contributed by atoms with Crippen molar-refractivity contribution in [1.29, 1.82) is 0 Å². The van der Waals surface area contributed by atoms with Crippen LogP contribution in [0.1, 0.15) is 39.0 Å². The van der Waals surface area contributed by atoms with Crippen LogP contribution in [0.4, 0.5) is 0 Å². The molecule has 0 radical (unpaired) electrons. The number of rotatable bonds is 5. The van der Waals surface area contributed by atoms with Crippen LogP contribution in [0.3, 0.4) is 0 Å². The van der Waals surface area contributed by atoms with E-state index in [1.165, 1.54) is 12.8 Å². The molecule has 0 aromatic carbocycles. The molecule has 2 aliphatic heterocycles. The highest BCUT2D eigenvalue weighted by molar-refractivity contribution is 5.85. The second-order valence-corrected chi connectivity index (χ2v) is 6.42. The summed E-state index contributed by atoms with van der Waals surface area (Å²) in [4.78, 5) is 14.4. The first-order valence-corrected chi connectivity index (χ1v) is 7.53. The number of primary amides is 1. The normalized spacial score (nSPS) is 39.8. The van der Waals surface area contributed by atoms with Gasteiger partial charge in [-0.1, -0.05) is 0 Å². The van der Waals surface area contributed by atoms with E-state index in [-0.39, 0.29) is 12.0 Å². The summed E-state index contributed by atoms with van der Waals surface area (Å²) in [6.45, 7) is 4.56. The van der Waals surface area contributed by atoms with Crippen LogP contribution in [-0.4, -0.2) is 54.2 Å². The smallest absolute Gasteiger partial charge is 0.239 e. The third kappa shape index (κ3) is 2.64. The molecule has 3 unspecified atom stereocenters. The zero-order valence-electron chi connectivity index (χ0n) is 11.7. The van der Waals surface area contributed by atoms with E-state index in [4.69, 9.17) is 10.5 Å². The first-order valence-electron chi connectivity index (χ1n) is 7.53. The summed E-state index contributed by atoms with van der Waals surface area (Å²) in [6.07, 6.45) is 5.83. The molecule has 2 saturated heterocycles. The van der Waals surface area contributed by atoms with Gasteiger partial charge in [0, 0.05) is 31.8 Å². The van der Waals surface area contributed by atoms with Crippen LogP contribution in [0, 0.1) is 0 Å². The molecule has 19 heavy (non-hydrogen) atoms. The number of likely N-dealkylation sites (tertiary alicyclic amines) is 1. The summed E-state index contributed by atoms with van der Waals surface area (Å²) >= 11 is 0. The zero-order valence-corrected chi connectivity index (χ0v) is 11.7. The van der Waals surface area contributed by atoms with Crippen molar-refractivity contribution in [2.75, 3.05) is 19.7 Å². The van der Waals surface area contributed by atoms with E-state index >= 15 is 0 Å².